The number of carbonyl (C=O) groups excluding carboxylic acids is 1. The minimum absolute atomic E-state index is 0.127. The topological polar surface area (TPSA) is 63.5 Å². The number of nitrogens with one attached hydrogen (secondary N) is 1. The summed E-state index contributed by atoms with van der Waals surface area (Å²) in [4.78, 5) is 29.0. The van der Waals surface area contributed by atoms with E-state index < -0.39 is 29.1 Å². The van der Waals surface area contributed by atoms with E-state index in [0.717, 1.165) is 17.7 Å². The molecule has 1 unspecified atom stereocenters. The molecule has 0 aliphatic rings. The number of pyridine rings is 1. The second-order valence-electron chi connectivity index (χ2n) is 5.78. The average Bonchev–Trinajstić information content (AvgIpc) is 2.58. The van der Waals surface area contributed by atoms with Crippen LogP contribution in [-0.2, 0) is 0 Å². The molecule has 128 valence electrons. The van der Waals surface area contributed by atoms with Gasteiger partial charge in [-0.2, -0.15) is 0 Å². The molecule has 0 fully saturated rings. The van der Waals surface area contributed by atoms with E-state index in [9.17, 15) is 18.4 Å². The number of fused-ring (bicyclic) bond motifs is 1. The molecule has 0 saturated heterocycles. The largest absolute Gasteiger partial charge is 0.345 e. The van der Waals surface area contributed by atoms with Crippen LogP contribution >= 0.6 is 0 Å². The van der Waals surface area contributed by atoms with Crippen molar-refractivity contribution in [3.8, 4) is 0 Å². The smallest absolute Gasteiger partial charge is 0.270 e. The first kappa shape index (κ1) is 16.8. The summed E-state index contributed by atoms with van der Waals surface area (Å²) in [7, 11) is 0. The molecule has 0 aliphatic carbocycles. The van der Waals surface area contributed by atoms with Gasteiger partial charge >= 0.3 is 0 Å². The third-order valence-electron chi connectivity index (χ3n) is 3.89. The highest BCUT2D eigenvalue weighted by Crippen LogP contribution is 2.16. The third-order valence-corrected chi connectivity index (χ3v) is 3.89. The zero-order chi connectivity index (χ0) is 18.1. The summed E-state index contributed by atoms with van der Waals surface area (Å²) in [5, 5.41) is 2.60. The fourth-order valence-corrected chi connectivity index (χ4v) is 2.48. The van der Waals surface area contributed by atoms with Crippen molar-refractivity contribution in [3.05, 3.63) is 81.4 Å². The molecule has 2 heterocycles. The zero-order valence-electron chi connectivity index (χ0n) is 13.6. The molecule has 0 radical (unpaired) electrons. The number of hydrogen-bond acceptors (Lipinski definition) is 3. The molecule has 0 spiro atoms. The van der Waals surface area contributed by atoms with E-state index in [0.29, 0.717) is 11.2 Å². The van der Waals surface area contributed by atoms with E-state index in [-0.39, 0.29) is 5.56 Å². The summed E-state index contributed by atoms with van der Waals surface area (Å²) in [5.74, 6) is -2.60. The van der Waals surface area contributed by atoms with Crippen molar-refractivity contribution in [3.63, 3.8) is 0 Å². The summed E-state index contributed by atoms with van der Waals surface area (Å²) in [6.45, 7) is 3.44. The number of benzene rings is 1. The number of aryl methyl sites for hydroxylation is 1. The van der Waals surface area contributed by atoms with E-state index in [4.69, 9.17) is 0 Å². The first-order valence-electron chi connectivity index (χ1n) is 7.60. The second-order valence-corrected chi connectivity index (χ2v) is 5.78. The number of carbonyl (C=O) groups is 1. The normalized spacial score (nSPS) is 12.2. The first-order valence-corrected chi connectivity index (χ1v) is 7.60. The van der Waals surface area contributed by atoms with Crippen LogP contribution in [0.5, 0.6) is 0 Å². The Morgan fingerprint density at radius 2 is 1.96 bits per heavy atom. The van der Waals surface area contributed by atoms with Crippen LogP contribution in [0.25, 0.3) is 5.65 Å². The van der Waals surface area contributed by atoms with Crippen LogP contribution in [-0.4, -0.2) is 15.3 Å². The van der Waals surface area contributed by atoms with E-state index in [1.807, 2.05) is 13.0 Å². The molecule has 3 aromatic rings. The van der Waals surface area contributed by atoms with Gasteiger partial charge in [-0.15, -0.1) is 0 Å². The van der Waals surface area contributed by atoms with E-state index in [2.05, 4.69) is 10.3 Å². The average molecular weight is 343 g/mol. The molecular formula is C18H15F2N3O2. The van der Waals surface area contributed by atoms with Crippen molar-refractivity contribution < 1.29 is 13.6 Å². The van der Waals surface area contributed by atoms with Gasteiger partial charge in [0.25, 0.3) is 11.5 Å². The number of nitrogens with zero attached hydrogens (tertiary/aromatic N) is 2. The van der Waals surface area contributed by atoms with Crippen molar-refractivity contribution in [2.75, 3.05) is 0 Å². The Labute approximate surface area is 142 Å². The maximum Gasteiger partial charge on any atom is 0.270 e. The standard InChI is InChI=1S/C18H15F2N3O2/c1-10-3-6-16-21-8-13(18(25)23(16)9-10)17(24)22-11(2)12-4-5-14(19)15(20)7-12/h3-9,11H,1-2H3,(H,22,24). The lowest BCUT2D eigenvalue weighted by molar-refractivity contribution is 0.0937. The van der Waals surface area contributed by atoms with Crippen LogP contribution < -0.4 is 10.9 Å². The zero-order valence-corrected chi connectivity index (χ0v) is 13.6. The summed E-state index contributed by atoms with van der Waals surface area (Å²) < 4.78 is 27.6. The molecule has 7 heteroatoms. The van der Waals surface area contributed by atoms with Crippen molar-refractivity contribution >= 4 is 11.6 Å². The third kappa shape index (κ3) is 3.26. The highest BCUT2D eigenvalue weighted by molar-refractivity contribution is 5.94. The Kier molecular flexibility index (Phi) is 4.31. The summed E-state index contributed by atoms with van der Waals surface area (Å²) in [6, 6.07) is 6.26. The highest BCUT2D eigenvalue weighted by Gasteiger charge is 2.17. The number of halogens is 2. The maximum atomic E-state index is 13.3. The van der Waals surface area contributed by atoms with Gasteiger partial charge in [-0.1, -0.05) is 12.1 Å². The summed E-state index contributed by atoms with van der Waals surface area (Å²) >= 11 is 0. The van der Waals surface area contributed by atoms with Crippen LogP contribution in [0.3, 0.4) is 0 Å². The molecule has 1 aromatic carbocycles. The summed E-state index contributed by atoms with van der Waals surface area (Å²) in [6.07, 6.45) is 2.81. The van der Waals surface area contributed by atoms with Crippen LogP contribution in [0.15, 0.2) is 47.5 Å². The van der Waals surface area contributed by atoms with Crippen LogP contribution in [0.1, 0.15) is 34.5 Å². The number of rotatable bonds is 3. The van der Waals surface area contributed by atoms with E-state index in [1.165, 1.54) is 16.7 Å². The quantitative estimate of drug-likeness (QED) is 0.795. The molecule has 3 rings (SSSR count). The van der Waals surface area contributed by atoms with Gasteiger partial charge in [-0.25, -0.2) is 13.8 Å². The SMILES string of the molecule is Cc1ccc2ncc(C(=O)NC(C)c3ccc(F)c(F)c3)c(=O)n2c1. The number of amides is 1. The lowest BCUT2D eigenvalue weighted by Crippen LogP contribution is -2.33. The lowest BCUT2D eigenvalue weighted by Gasteiger charge is -2.14. The highest BCUT2D eigenvalue weighted by atomic mass is 19.2. The predicted octanol–water partition coefficient (Wildman–Crippen LogP) is 2.77. The molecule has 1 N–H and O–H groups in total. The Balaban J connectivity index is 1.90. The van der Waals surface area contributed by atoms with Gasteiger partial charge in [0.15, 0.2) is 11.6 Å². The van der Waals surface area contributed by atoms with Crippen molar-refractivity contribution in [2.45, 2.75) is 19.9 Å². The second kappa shape index (κ2) is 6.43. The fourth-order valence-electron chi connectivity index (χ4n) is 2.48. The van der Waals surface area contributed by atoms with Gasteiger partial charge in [-0.05, 0) is 43.2 Å². The Morgan fingerprint density at radius 3 is 2.68 bits per heavy atom. The van der Waals surface area contributed by atoms with Gasteiger partial charge < -0.3 is 5.32 Å². The van der Waals surface area contributed by atoms with Crippen molar-refractivity contribution in [2.24, 2.45) is 0 Å². The van der Waals surface area contributed by atoms with Gasteiger partial charge in [0.05, 0.1) is 6.04 Å². The van der Waals surface area contributed by atoms with Gasteiger partial charge in [0.1, 0.15) is 11.2 Å². The minimum atomic E-state index is -0.999. The van der Waals surface area contributed by atoms with Crippen molar-refractivity contribution in [1.29, 1.82) is 0 Å². The molecule has 2 aromatic heterocycles. The van der Waals surface area contributed by atoms with Crippen LogP contribution in [0.2, 0.25) is 0 Å². The maximum absolute atomic E-state index is 13.3. The Morgan fingerprint density at radius 1 is 1.20 bits per heavy atom. The monoisotopic (exact) mass is 343 g/mol. The minimum Gasteiger partial charge on any atom is -0.345 e. The number of hydrogen-bond donors (Lipinski definition) is 1. The Hall–Kier alpha value is -3.09. The van der Waals surface area contributed by atoms with E-state index in [1.54, 1.807) is 19.2 Å². The molecule has 25 heavy (non-hydrogen) atoms. The molecule has 0 saturated carbocycles. The molecule has 1 atom stereocenters. The van der Waals surface area contributed by atoms with E-state index >= 15 is 0 Å². The summed E-state index contributed by atoms with van der Waals surface area (Å²) in [5.41, 5.74) is 1.04. The Bertz CT molecular complexity index is 1030. The fraction of sp³-hybridized carbons (Fsp3) is 0.167. The van der Waals surface area contributed by atoms with Gasteiger partial charge in [0, 0.05) is 12.4 Å². The van der Waals surface area contributed by atoms with Gasteiger partial charge in [-0.3, -0.25) is 14.0 Å². The number of aromatic nitrogens is 2. The molecule has 5 nitrogen and oxygen atoms in total. The molecule has 0 aliphatic heterocycles. The lowest BCUT2D eigenvalue weighted by atomic mass is 10.1. The van der Waals surface area contributed by atoms with Crippen LogP contribution in [0, 0.1) is 18.6 Å². The van der Waals surface area contributed by atoms with Crippen LogP contribution in [0.4, 0.5) is 8.78 Å². The first-order chi connectivity index (χ1) is 11.9. The predicted molar refractivity (Wildman–Crippen MR) is 88.4 cm³/mol. The van der Waals surface area contributed by atoms with Gasteiger partial charge in [0.2, 0.25) is 0 Å². The van der Waals surface area contributed by atoms with Crippen molar-refractivity contribution in [1.82, 2.24) is 14.7 Å². The molecule has 0 bridgehead atoms. The molecular weight excluding hydrogens is 328 g/mol. The molecule has 1 amide bonds.